The first-order chi connectivity index (χ1) is 25.2. The summed E-state index contributed by atoms with van der Waals surface area (Å²) in [5.41, 5.74) is 15.0. The van der Waals surface area contributed by atoms with Crippen molar-refractivity contribution in [2.75, 3.05) is 4.90 Å². The number of anilines is 2. The molecular weight excluding hydrogens is 671 g/mol. The zero-order valence-corrected chi connectivity index (χ0v) is 32.2. The van der Waals surface area contributed by atoms with Crippen molar-refractivity contribution in [1.29, 1.82) is 0 Å². The van der Waals surface area contributed by atoms with E-state index in [2.05, 4.69) is 126 Å². The molecule has 0 saturated heterocycles. The smallest absolute Gasteiger partial charge is 0.101 e. The summed E-state index contributed by atoms with van der Waals surface area (Å²) >= 11 is 4.14. The largest absolute Gasteiger partial charge is 0.314 e. The van der Waals surface area contributed by atoms with Crippen LogP contribution in [0.2, 0.25) is 6.55 Å². The maximum absolute atomic E-state index is 2.65. The minimum Gasteiger partial charge on any atom is -0.314 e. The lowest BCUT2D eigenvalue weighted by atomic mass is 9.76. The number of hydrogen-bond acceptors (Lipinski definition) is 3. The third kappa shape index (κ3) is 4.86. The monoisotopic (exact) mass is 713 g/mol. The Balaban J connectivity index is 1.02. The number of thiophene rings is 1. The predicted octanol–water partition coefficient (Wildman–Crippen LogP) is 12.5. The van der Waals surface area contributed by atoms with Crippen molar-refractivity contribution in [3.63, 3.8) is 0 Å². The highest BCUT2D eigenvalue weighted by molar-refractivity contribution is 8.07. The second-order valence-corrected chi connectivity index (χ2v) is 20.5. The molecule has 3 heterocycles. The first-order valence-electron chi connectivity index (χ1n) is 19.4. The second kappa shape index (κ2) is 12.1. The average Bonchev–Trinajstić information content (AvgIpc) is 3.84. The summed E-state index contributed by atoms with van der Waals surface area (Å²) in [4.78, 5) is 7.47. The average molecular weight is 714 g/mol. The van der Waals surface area contributed by atoms with E-state index in [0.29, 0.717) is 11.8 Å². The molecular formula is C47H43NS2Si. The molecule has 0 fully saturated rings. The third-order valence-electron chi connectivity index (χ3n) is 12.8. The second-order valence-electron chi connectivity index (χ2n) is 15.5. The van der Waals surface area contributed by atoms with Crippen LogP contribution in [-0.2, 0) is 6.42 Å². The predicted molar refractivity (Wildman–Crippen MR) is 225 cm³/mol. The van der Waals surface area contributed by atoms with Crippen molar-refractivity contribution in [3.05, 3.63) is 156 Å². The van der Waals surface area contributed by atoms with Crippen molar-refractivity contribution in [2.24, 2.45) is 11.8 Å². The molecule has 3 unspecified atom stereocenters. The number of aryl methyl sites for hydroxylation is 1. The number of hydrogen-bond donors (Lipinski definition) is 0. The molecule has 6 aliphatic carbocycles. The zero-order chi connectivity index (χ0) is 33.6. The molecule has 8 aliphatic rings. The summed E-state index contributed by atoms with van der Waals surface area (Å²) in [6.45, 7) is 2.59. The lowest BCUT2D eigenvalue weighted by Crippen LogP contribution is -2.27. The molecule has 2 aromatic carbocycles. The molecule has 51 heavy (non-hydrogen) atoms. The number of fused-ring (bicyclic) bond motifs is 9. The van der Waals surface area contributed by atoms with Crippen LogP contribution in [0.5, 0.6) is 0 Å². The maximum Gasteiger partial charge on any atom is 0.101 e. The number of thioether (sulfide) groups is 1. The number of allylic oxidation sites excluding steroid dienone is 19. The van der Waals surface area contributed by atoms with Crippen LogP contribution >= 0.6 is 23.1 Å². The highest BCUT2D eigenvalue weighted by atomic mass is 32.2. The molecule has 0 spiro atoms. The van der Waals surface area contributed by atoms with Crippen molar-refractivity contribution in [1.82, 2.24) is 0 Å². The van der Waals surface area contributed by atoms with Crippen LogP contribution in [0.4, 0.5) is 11.4 Å². The van der Waals surface area contributed by atoms with E-state index in [9.17, 15) is 0 Å². The summed E-state index contributed by atoms with van der Waals surface area (Å²) in [7, 11) is -1.30. The normalized spacial score (nSPS) is 25.7. The van der Waals surface area contributed by atoms with Crippen LogP contribution in [0.1, 0.15) is 73.8 Å². The molecule has 0 amide bonds. The van der Waals surface area contributed by atoms with Gasteiger partial charge >= 0.3 is 0 Å². The van der Waals surface area contributed by atoms with Gasteiger partial charge in [0.05, 0.1) is 0 Å². The van der Waals surface area contributed by atoms with E-state index in [0.717, 1.165) is 19.3 Å². The quantitative estimate of drug-likeness (QED) is 0.248. The summed E-state index contributed by atoms with van der Waals surface area (Å²) in [6.07, 6.45) is 38.3. The van der Waals surface area contributed by atoms with Gasteiger partial charge in [-0.3, -0.25) is 0 Å². The Morgan fingerprint density at radius 3 is 2.69 bits per heavy atom. The minimum atomic E-state index is -1.30. The molecule has 1 nitrogen and oxygen atoms in total. The van der Waals surface area contributed by atoms with Crippen LogP contribution < -0.4 is 10.1 Å². The van der Waals surface area contributed by atoms with Gasteiger partial charge in [-0.15, -0.1) is 11.3 Å². The Morgan fingerprint density at radius 2 is 1.75 bits per heavy atom. The SMILES string of the molecule is C[SiH]1C2=CCC3C4=C(CCC=C4)SC3=C2c2ccc(N(C3=CC=C(C4=C5C=CC=CC5CCC4)CC3)c3ccc4c5c(sc4c3)CCC=C5)cc21. The first-order valence-corrected chi connectivity index (χ1v) is 23.3. The van der Waals surface area contributed by atoms with Crippen LogP contribution in [0.3, 0.4) is 0 Å². The number of benzene rings is 2. The van der Waals surface area contributed by atoms with Gasteiger partial charge in [-0.05, 0) is 144 Å². The van der Waals surface area contributed by atoms with E-state index < -0.39 is 8.80 Å². The highest BCUT2D eigenvalue weighted by Crippen LogP contribution is 2.57. The van der Waals surface area contributed by atoms with Gasteiger partial charge in [0.15, 0.2) is 0 Å². The van der Waals surface area contributed by atoms with Gasteiger partial charge < -0.3 is 4.90 Å². The Hall–Kier alpha value is -3.83. The van der Waals surface area contributed by atoms with Crippen molar-refractivity contribution in [2.45, 2.75) is 70.8 Å². The molecule has 3 aromatic rings. The first kappa shape index (κ1) is 30.8. The fraction of sp³-hybridized carbons (Fsp3) is 0.277. The minimum absolute atomic E-state index is 0.575. The van der Waals surface area contributed by atoms with E-state index >= 15 is 0 Å². The Labute approximate surface area is 312 Å². The van der Waals surface area contributed by atoms with E-state index in [1.165, 1.54) is 83.2 Å². The van der Waals surface area contributed by atoms with Gasteiger partial charge in [0.2, 0.25) is 0 Å². The summed E-state index contributed by atoms with van der Waals surface area (Å²) in [6, 6.07) is 14.9. The van der Waals surface area contributed by atoms with Gasteiger partial charge in [0, 0.05) is 48.8 Å². The fourth-order valence-electron chi connectivity index (χ4n) is 10.3. The molecule has 2 aliphatic heterocycles. The molecule has 1 aromatic heterocycles. The highest BCUT2D eigenvalue weighted by Gasteiger charge is 2.41. The van der Waals surface area contributed by atoms with Crippen LogP contribution in [0, 0.1) is 11.8 Å². The Bertz CT molecular complexity index is 2380. The summed E-state index contributed by atoms with van der Waals surface area (Å²) in [5, 5.41) is 4.75. The van der Waals surface area contributed by atoms with Gasteiger partial charge in [0.25, 0.3) is 0 Å². The topological polar surface area (TPSA) is 3.24 Å². The standard InChI is InChI=1S/C47H43NS2Si/c1-51-44-26-25-39-37-13-5-7-16-42(37)50-47(39)46(44)40-24-22-33(28-45(40)51)48(32-21-23-38-36-12-4-6-15-41(36)49-43(38)27-32)31-19-17-30(18-20-31)35-14-8-10-29-9-2-3-11-34(29)35/h2-5,9,11-13,17,19,21-24,26-29,39,51H,6-8,10,14-16,18,20,25H2,1H3. The molecule has 11 rings (SSSR count). The number of nitrogens with zero attached hydrogens (tertiary/aromatic N) is 1. The molecule has 252 valence electrons. The molecule has 0 N–H and O–H groups in total. The van der Waals surface area contributed by atoms with Gasteiger partial charge in [-0.2, -0.15) is 0 Å². The maximum atomic E-state index is 2.65. The molecule has 0 saturated carbocycles. The van der Waals surface area contributed by atoms with Crippen molar-refractivity contribution in [3.8, 4) is 0 Å². The zero-order valence-electron chi connectivity index (χ0n) is 29.4. The van der Waals surface area contributed by atoms with E-state index in [1.54, 1.807) is 52.9 Å². The van der Waals surface area contributed by atoms with Crippen LogP contribution in [-0.4, -0.2) is 8.80 Å². The van der Waals surface area contributed by atoms with Gasteiger partial charge in [-0.25, -0.2) is 0 Å². The lowest BCUT2D eigenvalue weighted by molar-refractivity contribution is 0.586. The molecule has 3 atom stereocenters. The summed E-state index contributed by atoms with van der Waals surface area (Å²) in [5.74, 6) is 1.17. The van der Waals surface area contributed by atoms with Crippen LogP contribution in [0.25, 0.3) is 21.7 Å². The Kier molecular flexibility index (Phi) is 7.31. The molecule has 0 bridgehead atoms. The van der Waals surface area contributed by atoms with Crippen molar-refractivity contribution < 1.29 is 0 Å². The lowest BCUT2D eigenvalue weighted by Gasteiger charge is -2.32. The van der Waals surface area contributed by atoms with Crippen molar-refractivity contribution >= 4 is 70.2 Å². The Morgan fingerprint density at radius 1 is 0.843 bits per heavy atom. The molecule has 4 heteroatoms. The molecule has 0 radical (unpaired) electrons. The van der Waals surface area contributed by atoms with Gasteiger partial charge in [0.1, 0.15) is 8.80 Å². The van der Waals surface area contributed by atoms with Crippen LogP contribution in [0.15, 0.2) is 140 Å². The third-order valence-corrected chi connectivity index (χ3v) is 18.3. The number of rotatable bonds is 4. The summed E-state index contributed by atoms with van der Waals surface area (Å²) < 4.78 is 1.42. The van der Waals surface area contributed by atoms with E-state index in [4.69, 9.17) is 0 Å². The van der Waals surface area contributed by atoms with E-state index in [1.807, 2.05) is 11.3 Å². The van der Waals surface area contributed by atoms with E-state index in [-0.39, 0.29) is 0 Å². The van der Waals surface area contributed by atoms with Gasteiger partial charge in [-0.1, -0.05) is 96.4 Å². The fourth-order valence-corrected chi connectivity index (χ4v) is 15.8.